The van der Waals surface area contributed by atoms with Crippen molar-refractivity contribution in [2.75, 3.05) is 26.1 Å². The summed E-state index contributed by atoms with van der Waals surface area (Å²) >= 11 is 0. The van der Waals surface area contributed by atoms with Crippen LogP contribution in [0, 0.1) is 5.92 Å². The lowest BCUT2D eigenvalue weighted by Crippen LogP contribution is -2.30. The van der Waals surface area contributed by atoms with E-state index in [4.69, 9.17) is 14.5 Å². The molecule has 0 saturated carbocycles. The van der Waals surface area contributed by atoms with Gasteiger partial charge in [0.2, 0.25) is 0 Å². The lowest BCUT2D eigenvalue weighted by atomic mass is 10.1. The van der Waals surface area contributed by atoms with Crippen molar-refractivity contribution >= 4 is 28.3 Å². The van der Waals surface area contributed by atoms with Gasteiger partial charge in [0.05, 0.1) is 36.6 Å². The highest BCUT2D eigenvalue weighted by atomic mass is 16.5. The molecule has 2 aromatic heterocycles. The molecule has 0 bridgehead atoms. The van der Waals surface area contributed by atoms with Gasteiger partial charge in [-0.15, -0.1) is 0 Å². The van der Waals surface area contributed by atoms with Crippen molar-refractivity contribution in [3.63, 3.8) is 0 Å². The Morgan fingerprint density at radius 1 is 1.12 bits per heavy atom. The maximum absolute atomic E-state index is 5.48. The van der Waals surface area contributed by atoms with Gasteiger partial charge in [-0.1, -0.05) is 13.0 Å². The minimum atomic E-state index is 0.629. The van der Waals surface area contributed by atoms with Gasteiger partial charge >= 0.3 is 0 Å². The number of nitrogens with zero attached hydrogens (tertiary/aromatic N) is 3. The molecule has 0 radical (unpaired) electrons. The van der Waals surface area contributed by atoms with Crippen molar-refractivity contribution in [2.24, 2.45) is 10.9 Å². The molecule has 0 saturated heterocycles. The first-order chi connectivity index (χ1) is 15.6. The minimum Gasteiger partial charge on any atom is -0.493 e. The number of methoxy groups -OCH3 is 2. The van der Waals surface area contributed by atoms with Gasteiger partial charge in [-0.2, -0.15) is 0 Å². The molecule has 5 rings (SSSR count). The van der Waals surface area contributed by atoms with Crippen molar-refractivity contribution in [3.8, 4) is 11.5 Å². The topological polar surface area (TPSA) is 74.8 Å². The molecular formula is C25H27N5O2. The summed E-state index contributed by atoms with van der Waals surface area (Å²) in [7, 11) is 3.28. The summed E-state index contributed by atoms with van der Waals surface area (Å²) in [5.74, 6) is 2.81. The summed E-state index contributed by atoms with van der Waals surface area (Å²) in [5, 5.41) is 3.52. The van der Waals surface area contributed by atoms with Crippen molar-refractivity contribution in [1.29, 1.82) is 0 Å². The van der Waals surface area contributed by atoms with Crippen molar-refractivity contribution in [3.05, 3.63) is 66.3 Å². The molecule has 3 aromatic rings. The number of nitrogens with one attached hydrogen (secondary N) is 2. The Bertz CT molecular complexity index is 1240. The minimum absolute atomic E-state index is 0.629. The lowest BCUT2D eigenvalue weighted by molar-refractivity contribution is 0.355. The summed E-state index contributed by atoms with van der Waals surface area (Å²) in [5.41, 5.74) is 5.79. The number of allylic oxidation sites excluding steroid dienone is 1. The van der Waals surface area contributed by atoms with Crippen LogP contribution >= 0.6 is 0 Å². The number of rotatable bonds is 4. The van der Waals surface area contributed by atoms with Gasteiger partial charge in [-0.25, -0.2) is 4.99 Å². The first-order valence-electron chi connectivity index (χ1n) is 10.8. The number of pyridine rings is 1. The Morgan fingerprint density at radius 2 is 2.00 bits per heavy atom. The van der Waals surface area contributed by atoms with E-state index in [1.165, 1.54) is 0 Å². The SMILES string of the molecule is COc1ccc(NC2=NC(c3cnc4cc[nH]c4c3)=CN3CCC(C)CC=C23)cc1OC. The smallest absolute Gasteiger partial charge is 0.162 e. The van der Waals surface area contributed by atoms with E-state index in [1.54, 1.807) is 14.2 Å². The zero-order valence-electron chi connectivity index (χ0n) is 18.6. The Hall–Kier alpha value is -3.74. The number of aromatic nitrogens is 2. The second-order valence-corrected chi connectivity index (χ2v) is 8.22. The van der Waals surface area contributed by atoms with Crippen LogP contribution in [0.3, 0.4) is 0 Å². The van der Waals surface area contributed by atoms with Gasteiger partial charge in [0.1, 0.15) is 0 Å². The maximum Gasteiger partial charge on any atom is 0.162 e. The van der Waals surface area contributed by atoms with E-state index in [1.807, 2.05) is 36.7 Å². The zero-order chi connectivity index (χ0) is 22.1. The van der Waals surface area contributed by atoms with Crippen molar-refractivity contribution < 1.29 is 9.47 Å². The molecule has 7 heteroatoms. The number of hydrogen-bond donors (Lipinski definition) is 2. The van der Waals surface area contributed by atoms with Gasteiger partial charge in [-0.05, 0) is 43.0 Å². The van der Waals surface area contributed by atoms with Crippen molar-refractivity contribution in [1.82, 2.24) is 14.9 Å². The van der Waals surface area contributed by atoms with E-state index in [2.05, 4.69) is 45.5 Å². The number of aromatic amines is 1. The van der Waals surface area contributed by atoms with E-state index in [9.17, 15) is 0 Å². The predicted octanol–water partition coefficient (Wildman–Crippen LogP) is 5.02. The van der Waals surface area contributed by atoms with Crippen molar-refractivity contribution in [2.45, 2.75) is 19.8 Å². The van der Waals surface area contributed by atoms with Gasteiger partial charge < -0.3 is 24.7 Å². The van der Waals surface area contributed by atoms with Gasteiger partial charge in [-0.3, -0.25) is 4.98 Å². The molecule has 0 fully saturated rings. The number of amidine groups is 1. The fourth-order valence-corrected chi connectivity index (χ4v) is 4.10. The summed E-state index contributed by atoms with van der Waals surface area (Å²) in [6.45, 7) is 3.24. The number of ether oxygens (including phenoxy) is 2. The van der Waals surface area contributed by atoms with E-state index in [-0.39, 0.29) is 0 Å². The number of H-pyrrole nitrogens is 1. The van der Waals surface area contributed by atoms with Crippen LogP contribution in [0.15, 0.2) is 65.7 Å². The van der Waals surface area contributed by atoms with Crippen LogP contribution in [0.25, 0.3) is 16.7 Å². The predicted molar refractivity (Wildman–Crippen MR) is 128 cm³/mol. The lowest BCUT2D eigenvalue weighted by Gasteiger charge is -2.29. The summed E-state index contributed by atoms with van der Waals surface area (Å²) < 4.78 is 10.9. The van der Waals surface area contributed by atoms with Gasteiger partial charge in [0, 0.05) is 42.5 Å². The normalized spacial score (nSPS) is 18.3. The molecule has 7 nitrogen and oxygen atoms in total. The fourth-order valence-electron chi connectivity index (χ4n) is 4.10. The van der Waals surface area contributed by atoms with Crippen LogP contribution in [0.2, 0.25) is 0 Å². The highest BCUT2D eigenvalue weighted by Crippen LogP contribution is 2.33. The third-order valence-corrected chi connectivity index (χ3v) is 5.98. The molecule has 4 heterocycles. The average molecular weight is 430 g/mol. The number of aliphatic imine (C=N–C) groups is 1. The molecular weight excluding hydrogens is 402 g/mol. The van der Waals surface area contributed by atoms with E-state index in [0.717, 1.165) is 58.9 Å². The molecule has 2 aliphatic heterocycles. The van der Waals surface area contributed by atoms with Crippen LogP contribution in [0.4, 0.5) is 5.69 Å². The summed E-state index contributed by atoms with van der Waals surface area (Å²) in [6, 6.07) is 9.86. The third kappa shape index (κ3) is 3.82. The second kappa shape index (κ2) is 8.42. The molecule has 1 atom stereocenters. The van der Waals surface area contributed by atoms with Crippen LogP contribution < -0.4 is 14.8 Å². The molecule has 0 aliphatic carbocycles. The Kier molecular flexibility index (Phi) is 5.31. The highest BCUT2D eigenvalue weighted by Gasteiger charge is 2.24. The largest absolute Gasteiger partial charge is 0.493 e. The molecule has 2 aliphatic rings. The number of hydrogen-bond acceptors (Lipinski definition) is 6. The molecule has 164 valence electrons. The van der Waals surface area contributed by atoms with Crippen LogP contribution in [0.1, 0.15) is 25.3 Å². The molecule has 1 aromatic carbocycles. The number of anilines is 1. The molecule has 0 spiro atoms. The van der Waals surface area contributed by atoms with E-state index < -0.39 is 0 Å². The molecule has 32 heavy (non-hydrogen) atoms. The average Bonchev–Trinajstić information content (AvgIpc) is 3.21. The van der Waals surface area contributed by atoms with Crippen LogP contribution in [-0.2, 0) is 0 Å². The first-order valence-corrected chi connectivity index (χ1v) is 10.8. The molecule has 1 unspecified atom stereocenters. The van der Waals surface area contributed by atoms with Gasteiger partial charge in [0.25, 0.3) is 0 Å². The molecule has 0 amide bonds. The van der Waals surface area contributed by atoms with Crippen LogP contribution in [-0.4, -0.2) is 41.5 Å². The zero-order valence-corrected chi connectivity index (χ0v) is 18.6. The quantitative estimate of drug-likeness (QED) is 0.609. The standard InChI is InChI=1S/C25H27N5O2/c1-16-4-6-22-25(28-18-5-7-23(31-2)24(13-18)32-3)29-21(15-30(22)11-9-16)17-12-20-19(27-14-17)8-10-26-20/h5-8,10,12-16,26H,4,9,11H2,1-3H3,(H,28,29). The number of benzene rings is 1. The Morgan fingerprint density at radius 3 is 2.84 bits per heavy atom. The molecule has 2 N–H and O–H groups in total. The van der Waals surface area contributed by atoms with Crippen LogP contribution in [0.5, 0.6) is 11.5 Å². The van der Waals surface area contributed by atoms with E-state index in [0.29, 0.717) is 17.4 Å². The number of fused-ring (bicyclic) bond motifs is 2. The summed E-state index contributed by atoms with van der Waals surface area (Å²) in [4.78, 5) is 15.1. The maximum atomic E-state index is 5.48. The van der Waals surface area contributed by atoms with E-state index >= 15 is 0 Å². The van der Waals surface area contributed by atoms with Gasteiger partial charge in [0.15, 0.2) is 17.3 Å². The monoisotopic (exact) mass is 429 g/mol. The Balaban J connectivity index is 1.55. The summed E-state index contributed by atoms with van der Waals surface area (Å²) in [6.07, 6.45) is 10.4. The first kappa shape index (κ1) is 20.2. The highest BCUT2D eigenvalue weighted by molar-refractivity contribution is 6.11. The third-order valence-electron chi connectivity index (χ3n) is 5.98. The second-order valence-electron chi connectivity index (χ2n) is 8.22. The Labute approximate surface area is 187 Å². The fraction of sp³-hybridized carbons (Fsp3) is 0.280.